The van der Waals surface area contributed by atoms with Gasteiger partial charge in [-0.15, -0.1) is 0 Å². The number of rotatable bonds is 5. The number of nitrogens with one attached hydrogen (secondary N) is 2. The Morgan fingerprint density at radius 2 is 1.87 bits per heavy atom. The summed E-state index contributed by atoms with van der Waals surface area (Å²) in [5, 5.41) is 14.4. The molecule has 0 unspecified atom stereocenters. The average Bonchev–Trinajstić information content (AvgIpc) is 2.60. The molecule has 0 heterocycles. The number of ether oxygens (including phenoxy) is 2. The molecule has 118 valence electrons. The van der Waals surface area contributed by atoms with Crippen molar-refractivity contribution in [1.29, 1.82) is 5.26 Å². The highest BCUT2D eigenvalue weighted by atomic mass is 16.5. The number of nitriles is 1. The van der Waals surface area contributed by atoms with Gasteiger partial charge < -0.3 is 20.1 Å². The number of urea groups is 1. The van der Waals surface area contributed by atoms with Crippen molar-refractivity contribution in [3.05, 3.63) is 53.6 Å². The minimum Gasteiger partial charge on any atom is -0.493 e. The summed E-state index contributed by atoms with van der Waals surface area (Å²) in [6.45, 7) is 0.320. The molecular weight excluding hydrogens is 294 g/mol. The molecule has 2 N–H and O–H groups in total. The summed E-state index contributed by atoms with van der Waals surface area (Å²) in [6, 6.07) is 13.9. The van der Waals surface area contributed by atoms with Crippen LogP contribution in [0, 0.1) is 11.3 Å². The maximum atomic E-state index is 11.9. The highest BCUT2D eigenvalue weighted by Crippen LogP contribution is 2.27. The van der Waals surface area contributed by atoms with Crippen molar-refractivity contribution >= 4 is 11.7 Å². The van der Waals surface area contributed by atoms with Crippen LogP contribution >= 0.6 is 0 Å². The van der Waals surface area contributed by atoms with E-state index in [0.29, 0.717) is 29.3 Å². The highest BCUT2D eigenvalue weighted by molar-refractivity contribution is 5.90. The van der Waals surface area contributed by atoms with Crippen LogP contribution in [-0.2, 0) is 6.54 Å². The molecule has 6 heteroatoms. The summed E-state index contributed by atoms with van der Waals surface area (Å²) < 4.78 is 10.4. The number of carbonyl (C=O) groups excluding carboxylic acids is 1. The van der Waals surface area contributed by atoms with Crippen molar-refractivity contribution in [2.24, 2.45) is 0 Å². The van der Waals surface area contributed by atoms with E-state index < -0.39 is 0 Å². The summed E-state index contributed by atoms with van der Waals surface area (Å²) in [6.07, 6.45) is 0. The van der Waals surface area contributed by atoms with E-state index in [1.165, 1.54) is 0 Å². The van der Waals surface area contributed by atoms with E-state index in [1.54, 1.807) is 50.6 Å². The molecule has 2 aromatic rings. The van der Waals surface area contributed by atoms with E-state index in [0.717, 1.165) is 5.56 Å². The number of benzene rings is 2. The van der Waals surface area contributed by atoms with Gasteiger partial charge in [-0.3, -0.25) is 0 Å². The lowest BCUT2D eigenvalue weighted by Gasteiger charge is -2.11. The Kier molecular flexibility index (Phi) is 5.42. The van der Waals surface area contributed by atoms with Crippen LogP contribution < -0.4 is 20.1 Å². The first kappa shape index (κ1) is 16.2. The zero-order valence-corrected chi connectivity index (χ0v) is 12.9. The quantitative estimate of drug-likeness (QED) is 0.889. The minimum atomic E-state index is -0.387. The second kappa shape index (κ2) is 7.71. The summed E-state index contributed by atoms with van der Waals surface area (Å²) in [4.78, 5) is 11.9. The zero-order valence-electron chi connectivity index (χ0n) is 12.9. The van der Waals surface area contributed by atoms with Gasteiger partial charge in [-0.1, -0.05) is 18.2 Å². The molecule has 0 aliphatic heterocycles. The van der Waals surface area contributed by atoms with Crippen LogP contribution in [0.25, 0.3) is 0 Å². The second-order valence-corrected chi connectivity index (χ2v) is 4.65. The Balaban J connectivity index is 1.98. The van der Waals surface area contributed by atoms with Crippen molar-refractivity contribution in [3.63, 3.8) is 0 Å². The summed E-state index contributed by atoms with van der Waals surface area (Å²) in [5.41, 5.74) is 1.75. The molecule has 0 aromatic heterocycles. The van der Waals surface area contributed by atoms with Gasteiger partial charge in [0.25, 0.3) is 0 Å². The lowest BCUT2D eigenvalue weighted by molar-refractivity contribution is 0.251. The highest BCUT2D eigenvalue weighted by Gasteiger charge is 2.08. The van der Waals surface area contributed by atoms with E-state index in [4.69, 9.17) is 14.7 Å². The van der Waals surface area contributed by atoms with E-state index in [-0.39, 0.29) is 6.03 Å². The van der Waals surface area contributed by atoms with Crippen LogP contribution in [0.5, 0.6) is 11.5 Å². The third-order valence-electron chi connectivity index (χ3n) is 3.20. The maximum absolute atomic E-state index is 11.9. The first-order valence-electron chi connectivity index (χ1n) is 6.92. The third-order valence-corrected chi connectivity index (χ3v) is 3.20. The lowest BCUT2D eigenvalue weighted by Crippen LogP contribution is -2.28. The summed E-state index contributed by atoms with van der Waals surface area (Å²) >= 11 is 0. The number of methoxy groups -OCH3 is 2. The van der Waals surface area contributed by atoms with Gasteiger partial charge in [0, 0.05) is 6.54 Å². The third kappa shape index (κ3) is 4.14. The molecule has 23 heavy (non-hydrogen) atoms. The lowest BCUT2D eigenvalue weighted by atomic mass is 10.2. The first-order chi connectivity index (χ1) is 11.2. The van der Waals surface area contributed by atoms with Gasteiger partial charge in [-0.05, 0) is 29.8 Å². The number of para-hydroxylation sites is 1. The monoisotopic (exact) mass is 311 g/mol. The van der Waals surface area contributed by atoms with Gasteiger partial charge in [0.15, 0.2) is 11.5 Å². The second-order valence-electron chi connectivity index (χ2n) is 4.65. The Hall–Kier alpha value is -3.20. The zero-order chi connectivity index (χ0) is 16.7. The van der Waals surface area contributed by atoms with Gasteiger partial charge in [-0.2, -0.15) is 5.26 Å². The Labute approximate surface area is 134 Å². The molecular formula is C17H17N3O3. The fourth-order valence-corrected chi connectivity index (χ4v) is 2.03. The van der Waals surface area contributed by atoms with E-state index in [1.807, 2.05) is 12.1 Å². The summed E-state index contributed by atoms with van der Waals surface area (Å²) in [7, 11) is 3.12. The molecule has 0 aliphatic carbocycles. The van der Waals surface area contributed by atoms with Crippen molar-refractivity contribution in [3.8, 4) is 17.6 Å². The molecule has 0 bridgehead atoms. The van der Waals surface area contributed by atoms with Crippen molar-refractivity contribution in [2.45, 2.75) is 6.54 Å². The molecule has 0 aliphatic rings. The molecule has 6 nitrogen and oxygen atoms in total. The maximum Gasteiger partial charge on any atom is 0.319 e. The predicted molar refractivity (Wildman–Crippen MR) is 86.6 cm³/mol. The topological polar surface area (TPSA) is 83.4 Å². The van der Waals surface area contributed by atoms with Crippen LogP contribution in [0.2, 0.25) is 0 Å². The smallest absolute Gasteiger partial charge is 0.319 e. The van der Waals surface area contributed by atoms with E-state index in [2.05, 4.69) is 10.6 Å². The Morgan fingerprint density at radius 3 is 2.57 bits per heavy atom. The van der Waals surface area contributed by atoms with Gasteiger partial charge in [0.1, 0.15) is 6.07 Å². The van der Waals surface area contributed by atoms with Crippen molar-refractivity contribution in [1.82, 2.24) is 5.32 Å². The van der Waals surface area contributed by atoms with Gasteiger partial charge in [-0.25, -0.2) is 4.79 Å². The van der Waals surface area contributed by atoms with Crippen molar-refractivity contribution < 1.29 is 14.3 Å². The number of carbonyl (C=O) groups is 1. The number of anilines is 1. The molecule has 2 amide bonds. The number of amides is 2. The molecule has 0 atom stereocenters. The van der Waals surface area contributed by atoms with Crippen LogP contribution in [0.15, 0.2) is 42.5 Å². The SMILES string of the molecule is COc1ccc(CNC(=O)Nc2ccccc2C#N)cc1OC. The fourth-order valence-electron chi connectivity index (χ4n) is 2.03. The fraction of sp³-hybridized carbons (Fsp3) is 0.176. The van der Waals surface area contributed by atoms with E-state index >= 15 is 0 Å². The standard InChI is InChI=1S/C17H17N3O3/c1-22-15-8-7-12(9-16(15)23-2)11-19-17(21)20-14-6-4-3-5-13(14)10-18/h3-9H,11H2,1-2H3,(H2,19,20,21). The average molecular weight is 311 g/mol. The molecule has 2 aromatic carbocycles. The minimum absolute atomic E-state index is 0.320. The molecule has 0 spiro atoms. The predicted octanol–water partition coefficient (Wildman–Crippen LogP) is 2.90. The molecule has 0 saturated carbocycles. The molecule has 0 radical (unpaired) electrons. The molecule has 0 fully saturated rings. The normalized spacial score (nSPS) is 9.61. The molecule has 0 saturated heterocycles. The number of hydrogen-bond acceptors (Lipinski definition) is 4. The van der Waals surface area contributed by atoms with Crippen LogP contribution in [0.3, 0.4) is 0 Å². The summed E-state index contributed by atoms with van der Waals surface area (Å²) in [5.74, 6) is 1.23. The van der Waals surface area contributed by atoms with Gasteiger partial charge >= 0.3 is 6.03 Å². The van der Waals surface area contributed by atoms with Gasteiger partial charge in [0.05, 0.1) is 25.5 Å². The molecule has 2 rings (SSSR count). The Bertz CT molecular complexity index is 738. The number of nitrogens with zero attached hydrogens (tertiary/aromatic N) is 1. The number of hydrogen-bond donors (Lipinski definition) is 2. The first-order valence-corrected chi connectivity index (χ1v) is 6.92. The van der Waals surface area contributed by atoms with Crippen LogP contribution in [0.1, 0.15) is 11.1 Å². The van der Waals surface area contributed by atoms with E-state index in [9.17, 15) is 4.79 Å². The largest absolute Gasteiger partial charge is 0.493 e. The van der Waals surface area contributed by atoms with Crippen LogP contribution in [0.4, 0.5) is 10.5 Å². The Morgan fingerprint density at radius 1 is 1.13 bits per heavy atom. The van der Waals surface area contributed by atoms with Crippen molar-refractivity contribution in [2.75, 3.05) is 19.5 Å². The van der Waals surface area contributed by atoms with Crippen LogP contribution in [-0.4, -0.2) is 20.3 Å². The van der Waals surface area contributed by atoms with Gasteiger partial charge in [0.2, 0.25) is 0 Å².